The lowest BCUT2D eigenvalue weighted by Gasteiger charge is -2.54. The highest BCUT2D eigenvalue weighted by Gasteiger charge is 2.56. The van der Waals surface area contributed by atoms with Gasteiger partial charge in [-0.2, -0.15) is 5.26 Å². The zero-order chi connectivity index (χ0) is 37.4. The minimum absolute atomic E-state index is 0.0462. The molecule has 3 saturated carbocycles. The monoisotopic (exact) mass is 726 g/mol. The van der Waals surface area contributed by atoms with Gasteiger partial charge in [-0.1, -0.05) is 130 Å². The lowest BCUT2D eigenvalue weighted by molar-refractivity contribution is 0.0557. The van der Waals surface area contributed by atoms with Gasteiger partial charge in [0.2, 0.25) is 0 Å². The van der Waals surface area contributed by atoms with Gasteiger partial charge in [-0.05, 0) is 154 Å². The van der Waals surface area contributed by atoms with Crippen LogP contribution in [0.2, 0.25) is 0 Å². The van der Waals surface area contributed by atoms with Gasteiger partial charge in [0.25, 0.3) is 0 Å². The van der Waals surface area contributed by atoms with Crippen LogP contribution in [0.3, 0.4) is 0 Å². The predicted octanol–water partition coefficient (Wildman–Crippen LogP) is 14.4. The summed E-state index contributed by atoms with van der Waals surface area (Å²) in [6.07, 6.45) is 14.3. The molecular formula is C54H50N2. The second kappa shape index (κ2) is 13.1. The summed E-state index contributed by atoms with van der Waals surface area (Å²) in [5.74, 6) is 2.18. The van der Waals surface area contributed by atoms with E-state index >= 15 is 0 Å². The van der Waals surface area contributed by atoms with Crippen molar-refractivity contribution in [3.63, 3.8) is 0 Å². The first kappa shape index (κ1) is 33.9. The molecule has 4 atom stereocenters. The first-order valence-corrected chi connectivity index (χ1v) is 21.5. The number of fused-ring (bicyclic) bond motifs is 13. The third kappa shape index (κ3) is 4.86. The highest BCUT2D eigenvalue weighted by Crippen LogP contribution is 2.65. The van der Waals surface area contributed by atoms with E-state index < -0.39 is 0 Å². The van der Waals surface area contributed by atoms with Gasteiger partial charge in [-0.25, -0.2) is 0 Å². The molecule has 0 aliphatic heterocycles. The van der Waals surface area contributed by atoms with Crippen molar-refractivity contribution in [1.29, 1.82) is 5.26 Å². The van der Waals surface area contributed by atoms with E-state index in [2.05, 4.69) is 133 Å². The maximum absolute atomic E-state index is 9.78. The molecule has 4 unspecified atom stereocenters. The van der Waals surface area contributed by atoms with Crippen LogP contribution < -0.4 is 4.90 Å². The summed E-state index contributed by atoms with van der Waals surface area (Å²) in [5.41, 5.74) is 18.5. The van der Waals surface area contributed by atoms with E-state index in [1.54, 1.807) is 11.1 Å². The summed E-state index contributed by atoms with van der Waals surface area (Å²) in [6, 6.07) is 53.0. The summed E-state index contributed by atoms with van der Waals surface area (Å²) < 4.78 is 0. The smallest absolute Gasteiger partial charge is 0.0991 e. The number of hydrogen-bond acceptors (Lipinski definition) is 2. The molecule has 2 nitrogen and oxygen atoms in total. The van der Waals surface area contributed by atoms with Gasteiger partial charge in [0.15, 0.2) is 0 Å². The van der Waals surface area contributed by atoms with Crippen LogP contribution in [-0.4, -0.2) is 0 Å². The average molecular weight is 727 g/mol. The quantitative estimate of drug-likeness (QED) is 0.177. The van der Waals surface area contributed by atoms with Crippen molar-refractivity contribution in [3.05, 3.63) is 161 Å². The topological polar surface area (TPSA) is 27.0 Å². The van der Waals surface area contributed by atoms with Crippen LogP contribution in [0, 0.1) is 29.1 Å². The molecule has 0 radical (unpaired) electrons. The molecule has 2 heteroatoms. The van der Waals surface area contributed by atoms with E-state index in [9.17, 15) is 5.26 Å². The molecule has 0 heterocycles. The van der Waals surface area contributed by atoms with Crippen LogP contribution in [0.25, 0.3) is 33.4 Å². The zero-order valence-electron chi connectivity index (χ0n) is 32.6. The average Bonchev–Trinajstić information content (AvgIpc) is 3.69. The summed E-state index contributed by atoms with van der Waals surface area (Å²) in [6.45, 7) is 2.46. The summed E-state index contributed by atoms with van der Waals surface area (Å²) in [4.78, 5) is 2.56. The first-order chi connectivity index (χ1) is 27.6. The largest absolute Gasteiger partial charge is 0.310 e. The molecule has 6 aromatic carbocycles. The Morgan fingerprint density at radius 3 is 1.98 bits per heavy atom. The molecule has 3 fully saturated rings. The van der Waals surface area contributed by atoms with Gasteiger partial charge in [-0.15, -0.1) is 0 Å². The molecule has 0 aromatic heterocycles. The van der Waals surface area contributed by atoms with Crippen molar-refractivity contribution in [2.75, 3.05) is 4.90 Å². The van der Waals surface area contributed by atoms with E-state index in [-0.39, 0.29) is 10.8 Å². The zero-order valence-corrected chi connectivity index (χ0v) is 32.6. The molecule has 0 amide bonds. The number of anilines is 3. The minimum atomic E-state index is 0.0462. The third-order valence-electron chi connectivity index (χ3n) is 15.2. The van der Waals surface area contributed by atoms with Crippen molar-refractivity contribution in [1.82, 2.24) is 0 Å². The molecule has 2 spiro atoms. The number of nitriles is 1. The molecule has 11 rings (SSSR count). The Labute approximate surface area is 332 Å². The maximum atomic E-state index is 9.78. The van der Waals surface area contributed by atoms with E-state index in [4.69, 9.17) is 0 Å². The number of rotatable bonds is 5. The number of benzene rings is 6. The van der Waals surface area contributed by atoms with Crippen LogP contribution in [0.1, 0.15) is 105 Å². The first-order valence-electron chi connectivity index (χ1n) is 21.5. The van der Waals surface area contributed by atoms with Gasteiger partial charge in [0, 0.05) is 27.9 Å². The van der Waals surface area contributed by atoms with Crippen LogP contribution in [-0.2, 0) is 10.8 Å². The molecule has 5 aliphatic rings. The van der Waals surface area contributed by atoms with Gasteiger partial charge < -0.3 is 4.90 Å². The Morgan fingerprint density at radius 2 is 1.21 bits per heavy atom. The van der Waals surface area contributed by atoms with Crippen LogP contribution in [0.4, 0.5) is 17.1 Å². The standard InChI is InChI=1S/C54H50N2/c1-2-40-30-36-13-11-17-41(31-36)54(40)50-22-7-5-20-46(50)48-26-24-44(34-52(48)54)56(42-18-12-16-39(32-42)38-15-10-14-37(29-38)35-55)43-23-25-47-45-19-4-6-21-49(45)53(51(47)33-43)27-8-3-9-28-53/h4-7,10,12,14-16,18-26,29,32-34,36,40-41H,2-3,8-9,11,13,17,27-28,30-31H2,1H3. The van der Waals surface area contributed by atoms with Gasteiger partial charge in [0.05, 0.1) is 11.6 Å². The summed E-state index contributed by atoms with van der Waals surface area (Å²) in [7, 11) is 0. The second-order valence-corrected chi connectivity index (χ2v) is 17.7. The normalized spacial score (nSPS) is 23.5. The molecule has 2 bridgehead atoms. The second-order valence-electron chi connectivity index (χ2n) is 17.7. The summed E-state index contributed by atoms with van der Waals surface area (Å²) in [5, 5.41) is 9.78. The van der Waals surface area contributed by atoms with Crippen molar-refractivity contribution in [2.24, 2.45) is 17.8 Å². The van der Waals surface area contributed by atoms with E-state index in [1.165, 1.54) is 115 Å². The van der Waals surface area contributed by atoms with Crippen LogP contribution >= 0.6 is 0 Å². The number of nitrogens with zero attached hydrogens (tertiary/aromatic N) is 2. The molecule has 56 heavy (non-hydrogen) atoms. The van der Waals surface area contributed by atoms with Crippen LogP contribution in [0.15, 0.2) is 133 Å². The van der Waals surface area contributed by atoms with Crippen molar-refractivity contribution in [3.8, 4) is 39.4 Å². The van der Waals surface area contributed by atoms with E-state index in [0.717, 1.165) is 22.7 Å². The Balaban J connectivity index is 1.13. The van der Waals surface area contributed by atoms with Gasteiger partial charge in [0.1, 0.15) is 0 Å². The molecule has 6 aromatic rings. The highest BCUT2D eigenvalue weighted by molar-refractivity contribution is 5.89. The molecular weight excluding hydrogens is 677 g/mol. The Morgan fingerprint density at radius 1 is 0.571 bits per heavy atom. The molecule has 276 valence electrons. The fourth-order valence-corrected chi connectivity index (χ4v) is 13.0. The Hall–Kier alpha value is -5.39. The van der Waals surface area contributed by atoms with Crippen molar-refractivity contribution in [2.45, 2.75) is 88.4 Å². The molecule has 0 N–H and O–H groups in total. The fraction of sp³-hybridized carbons (Fsp3) is 0.315. The number of hydrogen-bond donors (Lipinski definition) is 0. The SMILES string of the molecule is CCC1CC2CCCC(C2)C12c1ccccc1-c1ccc(N(c3cccc(-c4cccc(C#N)c4)c3)c3ccc4c(c3)C3(CCCCC3)c3ccccc3-4)cc12. The third-order valence-corrected chi connectivity index (χ3v) is 15.2. The molecule has 0 saturated heterocycles. The molecule has 5 aliphatic carbocycles. The van der Waals surface area contributed by atoms with E-state index in [0.29, 0.717) is 17.4 Å². The minimum Gasteiger partial charge on any atom is -0.310 e. The van der Waals surface area contributed by atoms with Crippen molar-refractivity contribution < 1.29 is 0 Å². The van der Waals surface area contributed by atoms with Gasteiger partial charge >= 0.3 is 0 Å². The van der Waals surface area contributed by atoms with Gasteiger partial charge in [-0.3, -0.25) is 0 Å². The van der Waals surface area contributed by atoms with Crippen LogP contribution in [0.5, 0.6) is 0 Å². The van der Waals surface area contributed by atoms with Crippen molar-refractivity contribution >= 4 is 17.1 Å². The highest BCUT2D eigenvalue weighted by atomic mass is 15.1. The Bertz CT molecular complexity index is 2540. The Kier molecular flexibility index (Phi) is 7.93. The lowest BCUT2D eigenvalue weighted by atomic mass is 9.50. The lowest BCUT2D eigenvalue weighted by Crippen LogP contribution is -2.48. The summed E-state index contributed by atoms with van der Waals surface area (Å²) >= 11 is 0. The predicted molar refractivity (Wildman–Crippen MR) is 231 cm³/mol. The maximum Gasteiger partial charge on any atom is 0.0991 e. The fourth-order valence-electron chi connectivity index (χ4n) is 13.0. The van der Waals surface area contributed by atoms with E-state index in [1.807, 2.05) is 18.2 Å².